The second-order valence-electron chi connectivity index (χ2n) is 4.19. The SMILES string of the molecule is COc1ccc(NC(=O)CCc2ccco2)c(OC)c1. The summed E-state index contributed by atoms with van der Waals surface area (Å²) < 4.78 is 15.5. The van der Waals surface area contributed by atoms with E-state index in [4.69, 9.17) is 13.9 Å². The molecule has 0 aliphatic carbocycles. The first-order chi connectivity index (χ1) is 9.72. The second-order valence-corrected chi connectivity index (χ2v) is 4.19. The van der Waals surface area contributed by atoms with Crippen LogP contribution < -0.4 is 14.8 Å². The molecule has 0 bridgehead atoms. The van der Waals surface area contributed by atoms with Crippen LogP contribution >= 0.6 is 0 Å². The zero-order valence-electron chi connectivity index (χ0n) is 11.5. The Bertz CT molecular complexity index is 563. The number of amides is 1. The third kappa shape index (κ3) is 3.54. The lowest BCUT2D eigenvalue weighted by Crippen LogP contribution is -2.13. The molecule has 2 rings (SSSR count). The molecular weight excluding hydrogens is 258 g/mol. The first-order valence-corrected chi connectivity index (χ1v) is 6.27. The monoisotopic (exact) mass is 275 g/mol. The number of methoxy groups -OCH3 is 2. The fourth-order valence-corrected chi connectivity index (χ4v) is 1.81. The van der Waals surface area contributed by atoms with E-state index >= 15 is 0 Å². The molecule has 1 heterocycles. The fraction of sp³-hybridized carbons (Fsp3) is 0.267. The Morgan fingerprint density at radius 1 is 1.25 bits per heavy atom. The van der Waals surface area contributed by atoms with Gasteiger partial charge in [-0.3, -0.25) is 4.79 Å². The number of anilines is 1. The highest BCUT2D eigenvalue weighted by Crippen LogP contribution is 2.29. The maximum absolute atomic E-state index is 11.9. The molecule has 2 aromatic rings. The number of hydrogen-bond donors (Lipinski definition) is 1. The lowest BCUT2D eigenvalue weighted by atomic mass is 10.2. The number of furan rings is 1. The minimum atomic E-state index is -0.0927. The van der Waals surface area contributed by atoms with Crippen molar-refractivity contribution in [1.82, 2.24) is 0 Å². The first kappa shape index (κ1) is 14.0. The number of rotatable bonds is 6. The van der Waals surface area contributed by atoms with Crippen LogP contribution in [0.15, 0.2) is 41.0 Å². The van der Waals surface area contributed by atoms with Crippen molar-refractivity contribution in [2.45, 2.75) is 12.8 Å². The average molecular weight is 275 g/mol. The first-order valence-electron chi connectivity index (χ1n) is 6.27. The van der Waals surface area contributed by atoms with Gasteiger partial charge in [0, 0.05) is 18.9 Å². The molecule has 106 valence electrons. The van der Waals surface area contributed by atoms with Crippen molar-refractivity contribution in [1.29, 1.82) is 0 Å². The van der Waals surface area contributed by atoms with E-state index in [0.717, 1.165) is 5.76 Å². The van der Waals surface area contributed by atoms with Crippen molar-refractivity contribution in [2.75, 3.05) is 19.5 Å². The van der Waals surface area contributed by atoms with Crippen LogP contribution in [0.2, 0.25) is 0 Å². The molecule has 5 nitrogen and oxygen atoms in total. The summed E-state index contributed by atoms with van der Waals surface area (Å²) in [6.45, 7) is 0. The molecule has 1 N–H and O–H groups in total. The molecule has 0 aliphatic rings. The minimum Gasteiger partial charge on any atom is -0.497 e. The van der Waals surface area contributed by atoms with E-state index in [1.807, 2.05) is 6.07 Å². The predicted molar refractivity (Wildman–Crippen MR) is 75.2 cm³/mol. The third-order valence-electron chi connectivity index (χ3n) is 2.86. The van der Waals surface area contributed by atoms with Gasteiger partial charge in [-0.25, -0.2) is 0 Å². The quantitative estimate of drug-likeness (QED) is 0.880. The maximum atomic E-state index is 11.9. The van der Waals surface area contributed by atoms with E-state index in [-0.39, 0.29) is 5.91 Å². The highest BCUT2D eigenvalue weighted by Gasteiger charge is 2.09. The van der Waals surface area contributed by atoms with Gasteiger partial charge in [-0.1, -0.05) is 0 Å². The van der Waals surface area contributed by atoms with Gasteiger partial charge in [-0.15, -0.1) is 0 Å². The summed E-state index contributed by atoms with van der Waals surface area (Å²) in [4.78, 5) is 11.9. The number of carbonyl (C=O) groups is 1. The van der Waals surface area contributed by atoms with Gasteiger partial charge in [0.25, 0.3) is 0 Å². The van der Waals surface area contributed by atoms with Crippen molar-refractivity contribution in [3.63, 3.8) is 0 Å². The zero-order chi connectivity index (χ0) is 14.4. The molecule has 0 atom stereocenters. The Hall–Kier alpha value is -2.43. The number of aryl methyl sites for hydroxylation is 1. The van der Waals surface area contributed by atoms with E-state index in [1.54, 1.807) is 44.7 Å². The van der Waals surface area contributed by atoms with Gasteiger partial charge in [-0.2, -0.15) is 0 Å². The summed E-state index contributed by atoms with van der Waals surface area (Å²) >= 11 is 0. The number of benzene rings is 1. The van der Waals surface area contributed by atoms with Gasteiger partial charge in [0.15, 0.2) is 0 Å². The van der Waals surface area contributed by atoms with Crippen molar-refractivity contribution in [3.8, 4) is 11.5 Å². The van der Waals surface area contributed by atoms with Crippen molar-refractivity contribution >= 4 is 11.6 Å². The summed E-state index contributed by atoms with van der Waals surface area (Å²) in [5.74, 6) is 1.94. The molecule has 0 fully saturated rings. The molecule has 20 heavy (non-hydrogen) atoms. The number of carbonyl (C=O) groups excluding carboxylic acids is 1. The molecule has 1 amide bonds. The molecule has 5 heteroatoms. The Morgan fingerprint density at radius 3 is 2.75 bits per heavy atom. The van der Waals surface area contributed by atoms with Crippen LogP contribution in [0, 0.1) is 0 Å². The average Bonchev–Trinajstić information content (AvgIpc) is 2.99. The highest BCUT2D eigenvalue weighted by atomic mass is 16.5. The van der Waals surface area contributed by atoms with E-state index in [2.05, 4.69) is 5.32 Å². The van der Waals surface area contributed by atoms with E-state index in [0.29, 0.717) is 30.0 Å². The van der Waals surface area contributed by atoms with Crippen LogP contribution in [0.4, 0.5) is 5.69 Å². The van der Waals surface area contributed by atoms with Crippen molar-refractivity contribution in [3.05, 3.63) is 42.4 Å². The van der Waals surface area contributed by atoms with Gasteiger partial charge < -0.3 is 19.2 Å². The van der Waals surface area contributed by atoms with Crippen molar-refractivity contribution < 1.29 is 18.7 Å². The van der Waals surface area contributed by atoms with Crippen LogP contribution in [0.1, 0.15) is 12.2 Å². The largest absolute Gasteiger partial charge is 0.497 e. The lowest BCUT2D eigenvalue weighted by Gasteiger charge is -2.11. The zero-order valence-corrected chi connectivity index (χ0v) is 11.5. The standard InChI is InChI=1S/C15H17NO4/c1-18-12-5-7-13(14(10-12)19-2)16-15(17)8-6-11-4-3-9-20-11/h3-5,7,9-10H,6,8H2,1-2H3,(H,16,17). The summed E-state index contributed by atoms with van der Waals surface area (Å²) in [6.07, 6.45) is 2.51. The van der Waals surface area contributed by atoms with E-state index < -0.39 is 0 Å². The topological polar surface area (TPSA) is 60.7 Å². The van der Waals surface area contributed by atoms with Crippen LogP contribution in [0.25, 0.3) is 0 Å². The Labute approximate surface area is 117 Å². The molecule has 0 unspecified atom stereocenters. The van der Waals surface area contributed by atoms with Gasteiger partial charge in [0.1, 0.15) is 17.3 Å². The number of ether oxygens (including phenoxy) is 2. The minimum absolute atomic E-state index is 0.0927. The molecule has 0 saturated heterocycles. The van der Waals surface area contributed by atoms with Gasteiger partial charge in [0.2, 0.25) is 5.91 Å². The van der Waals surface area contributed by atoms with E-state index in [9.17, 15) is 4.79 Å². The highest BCUT2D eigenvalue weighted by molar-refractivity contribution is 5.92. The molecule has 0 saturated carbocycles. The van der Waals surface area contributed by atoms with Crippen LogP contribution in [-0.2, 0) is 11.2 Å². The van der Waals surface area contributed by atoms with Crippen LogP contribution in [0.5, 0.6) is 11.5 Å². The van der Waals surface area contributed by atoms with Gasteiger partial charge in [0.05, 0.1) is 26.2 Å². The molecular formula is C15H17NO4. The molecule has 0 radical (unpaired) electrons. The molecule has 1 aromatic heterocycles. The fourth-order valence-electron chi connectivity index (χ4n) is 1.81. The van der Waals surface area contributed by atoms with Crippen LogP contribution in [0.3, 0.4) is 0 Å². The second kappa shape index (κ2) is 6.65. The normalized spacial score (nSPS) is 10.1. The lowest BCUT2D eigenvalue weighted by molar-refractivity contribution is -0.116. The smallest absolute Gasteiger partial charge is 0.224 e. The van der Waals surface area contributed by atoms with E-state index in [1.165, 1.54) is 0 Å². The summed E-state index contributed by atoms with van der Waals surface area (Å²) in [6, 6.07) is 8.90. The molecule has 0 spiro atoms. The Kier molecular flexibility index (Phi) is 4.65. The maximum Gasteiger partial charge on any atom is 0.224 e. The van der Waals surface area contributed by atoms with Crippen LogP contribution in [-0.4, -0.2) is 20.1 Å². The summed E-state index contributed by atoms with van der Waals surface area (Å²) in [7, 11) is 3.13. The third-order valence-corrected chi connectivity index (χ3v) is 2.86. The number of nitrogens with one attached hydrogen (secondary N) is 1. The summed E-state index contributed by atoms with van der Waals surface area (Å²) in [5.41, 5.74) is 0.623. The van der Waals surface area contributed by atoms with Gasteiger partial charge >= 0.3 is 0 Å². The molecule has 1 aromatic carbocycles. The molecule has 0 aliphatic heterocycles. The van der Waals surface area contributed by atoms with Gasteiger partial charge in [-0.05, 0) is 24.3 Å². The van der Waals surface area contributed by atoms with Crippen molar-refractivity contribution in [2.24, 2.45) is 0 Å². The number of hydrogen-bond acceptors (Lipinski definition) is 4. The Balaban J connectivity index is 1.96. The predicted octanol–water partition coefficient (Wildman–Crippen LogP) is 2.87. The summed E-state index contributed by atoms with van der Waals surface area (Å²) in [5, 5.41) is 2.81. The Morgan fingerprint density at radius 2 is 2.10 bits per heavy atom.